The Morgan fingerprint density at radius 3 is 2.22 bits per heavy atom. The molecular weight excluding hydrogens is 368 g/mol. The molecule has 2 aromatic carbocycles. The van der Waals surface area contributed by atoms with Crippen LogP contribution in [-0.2, 0) is 6.54 Å². The molecule has 3 rings (SSSR count). The molecular formula is C19H19F2N5S. The van der Waals surface area contributed by atoms with Gasteiger partial charge in [0, 0.05) is 18.5 Å². The number of hydrogen-bond acceptors (Lipinski definition) is 3. The molecule has 0 radical (unpaired) electrons. The van der Waals surface area contributed by atoms with E-state index in [0.29, 0.717) is 25.2 Å². The van der Waals surface area contributed by atoms with Gasteiger partial charge in [0.15, 0.2) is 10.8 Å². The van der Waals surface area contributed by atoms with Gasteiger partial charge in [-0.15, -0.1) is 11.3 Å². The number of guanidine groups is 1. The zero-order valence-electron chi connectivity index (χ0n) is 14.5. The highest BCUT2D eigenvalue weighted by molar-refractivity contribution is 7.07. The number of benzene rings is 2. The Morgan fingerprint density at radius 2 is 1.59 bits per heavy atom. The van der Waals surface area contributed by atoms with Crippen LogP contribution in [0.1, 0.15) is 6.42 Å². The van der Waals surface area contributed by atoms with E-state index < -0.39 is 0 Å². The summed E-state index contributed by atoms with van der Waals surface area (Å²) >= 11 is 1.46. The van der Waals surface area contributed by atoms with Gasteiger partial charge in [-0.2, -0.15) is 0 Å². The lowest BCUT2D eigenvalue weighted by molar-refractivity contribution is 0.626. The molecule has 0 saturated heterocycles. The van der Waals surface area contributed by atoms with Crippen LogP contribution in [-0.4, -0.2) is 17.1 Å². The average molecular weight is 387 g/mol. The van der Waals surface area contributed by atoms with E-state index in [1.165, 1.54) is 35.6 Å². The van der Waals surface area contributed by atoms with Crippen molar-refractivity contribution in [1.82, 2.24) is 4.57 Å². The van der Waals surface area contributed by atoms with E-state index in [9.17, 15) is 8.78 Å². The predicted octanol–water partition coefficient (Wildman–Crippen LogP) is 3.39. The van der Waals surface area contributed by atoms with Crippen molar-refractivity contribution in [1.29, 1.82) is 0 Å². The van der Waals surface area contributed by atoms with E-state index >= 15 is 0 Å². The van der Waals surface area contributed by atoms with Crippen molar-refractivity contribution in [3.05, 3.63) is 70.3 Å². The third kappa shape index (κ3) is 5.01. The molecule has 0 amide bonds. The second-order valence-corrected chi connectivity index (χ2v) is 6.65. The number of aliphatic imine (C=N–C) groups is 1. The largest absolute Gasteiger partial charge is 0.370 e. The molecule has 0 aliphatic carbocycles. The first-order chi connectivity index (χ1) is 13.0. The van der Waals surface area contributed by atoms with Crippen molar-refractivity contribution >= 4 is 23.0 Å². The Labute approximate surface area is 159 Å². The molecule has 4 N–H and O–H groups in total. The van der Waals surface area contributed by atoms with Gasteiger partial charge in [0.05, 0.1) is 11.4 Å². The fourth-order valence-electron chi connectivity index (χ4n) is 2.55. The van der Waals surface area contributed by atoms with Crippen molar-refractivity contribution in [2.75, 3.05) is 6.54 Å². The third-order valence-electron chi connectivity index (χ3n) is 3.82. The maximum atomic E-state index is 13.3. The average Bonchev–Trinajstić information content (AvgIpc) is 3.04. The molecule has 3 aromatic rings. The van der Waals surface area contributed by atoms with Crippen LogP contribution in [0.2, 0.25) is 0 Å². The molecule has 1 heterocycles. The standard InChI is InChI=1S/C19H19F2N5S/c20-14-4-2-13(3-5-14)17-12-27-19(25-16-8-6-15(21)7-9-16)26(17)11-1-10-24-18(22)23/h2-9,12H,1,10-11H2,(H4,22,23,24). The minimum absolute atomic E-state index is 0.0558. The van der Waals surface area contributed by atoms with Crippen molar-refractivity contribution < 1.29 is 8.78 Å². The SMILES string of the molecule is NC(N)=NCCCn1c(-c2ccc(F)cc2)csc1=Nc1ccc(F)cc1. The van der Waals surface area contributed by atoms with Gasteiger partial charge < -0.3 is 16.0 Å². The molecule has 0 aliphatic heterocycles. The summed E-state index contributed by atoms with van der Waals surface area (Å²) in [6, 6.07) is 12.3. The smallest absolute Gasteiger partial charge is 0.190 e. The fourth-order valence-corrected chi connectivity index (χ4v) is 3.50. The number of aromatic nitrogens is 1. The van der Waals surface area contributed by atoms with Gasteiger partial charge in [0.1, 0.15) is 11.6 Å². The van der Waals surface area contributed by atoms with Gasteiger partial charge in [-0.3, -0.25) is 4.99 Å². The number of nitrogens with two attached hydrogens (primary N) is 2. The van der Waals surface area contributed by atoms with Crippen LogP contribution in [0.4, 0.5) is 14.5 Å². The van der Waals surface area contributed by atoms with Crippen molar-refractivity contribution in [3.63, 3.8) is 0 Å². The topological polar surface area (TPSA) is 81.7 Å². The fraction of sp³-hybridized carbons (Fsp3) is 0.158. The van der Waals surface area contributed by atoms with E-state index in [1.54, 1.807) is 24.3 Å². The number of rotatable bonds is 6. The molecule has 27 heavy (non-hydrogen) atoms. The molecule has 0 unspecified atom stereocenters. The summed E-state index contributed by atoms with van der Waals surface area (Å²) < 4.78 is 28.4. The highest BCUT2D eigenvalue weighted by Crippen LogP contribution is 2.21. The van der Waals surface area contributed by atoms with Gasteiger partial charge in [0.25, 0.3) is 0 Å². The summed E-state index contributed by atoms with van der Waals surface area (Å²) in [5.41, 5.74) is 13.2. The molecule has 1 aromatic heterocycles. The molecule has 0 atom stereocenters. The number of hydrogen-bond donors (Lipinski definition) is 2. The van der Waals surface area contributed by atoms with E-state index in [2.05, 4.69) is 9.98 Å². The second kappa shape index (κ2) is 8.59. The van der Waals surface area contributed by atoms with Gasteiger partial charge in [-0.25, -0.2) is 13.8 Å². The van der Waals surface area contributed by atoms with Gasteiger partial charge in [-0.05, 0) is 60.5 Å². The van der Waals surface area contributed by atoms with Gasteiger partial charge in [-0.1, -0.05) is 0 Å². The second-order valence-electron chi connectivity index (χ2n) is 5.81. The minimum Gasteiger partial charge on any atom is -0.370 e. The van der Waals surface area contributed by atoms with Crippen molar-refractivity contribution in [2.45, 2.75) is 13.0 Å². The van der Waals surface area contributed by atoms with Gasteiger partial charge >= 0.3 is 0 Å². The van der Waals surface area contributed by atoms with Crippen LogP contribution < -0.4 is 16.3 Å². The van der Waals surface area contributed by atoms with Crippen LogP contribution in [0, 0.1) is 11.6 Å². The highest BCUT2D eigenvalue weighted by Gasteiger charge is 2.08. The van der Waals surface area contributed by atoms with Crippen LogP contribution >= 0.6 is 11.3 Å². The summed E-state index contributed by atoms with van der Waals surface area (Å²) in [6.45, 7) is 1.12. The summed E-state index contributed by atoms with van der Waals surface area (Å²) in [6.07, 6.45) is 0.708. The molecule has 8 heteroatoms. The predicted molar refractivity (Wildman–Crippen MR) is 105 cm³/mol. The molecule has 0 bridgehead atoms. The van der Waals surface area contributed by atoms with Crippen LogP contribution in [0.15, 0.2) is 63.9 Å². The van der Waals surface area contributed by atoms with Crippen LogP contribution in [0.3, 0.4) is 0 Å². The lowest BCUT2D eigenvalue weighted by atomic mass is 10.1. The van der Waals surface area contributed by atoms with Crippen LogP contribution in [0.25, 0.3) is 11.3 Å². The molecule has 0 aliphatic rings. The monoisotopic (exact) mass is 387 g/mol. The molecule has 140 valence electrons. The first-order valence-corrected chi connectivity index (χ1v) is 9.21. The summed E-state index contributed by atoms with van der Waals surface area (Å²) in [5.74, 6) is -0.540. The Morgan fingerprint density at radius 1 is 0.963 bits per heavy atom. The molecule has 0 spiro atoms. The maximum absolute atomic E-state index is 13.3. The van der Waals surface area contributed by atoms with E-state index in [1.807, 2.05) is 9.95 Å². The Balaban J connectivity index is 1.98. The van der Waals surface area contributed by atoms with Crippen molar-refractivity contribution in [3.8, 4) is 11.3 Å². The minimum atomic E-state index is -0.308. The van der Waals surface area contributed by atoms with Gasteiger partial charge in [0.2, 0.25) is 0 Å². The zero-order valence-corrected chi connectivity index (χ0v) is 15.3. The van der Waals surface area contributed by atoms with E-state index in [4.69, 9.17) is 11.5 Å². The quantitative estimate of drug-likeness (QED) is 0.386. The number of thiazole rings is 1. The summed E-state index contributed by atoms with van der Waals surface area (Å²) in [7, 11) is 0. The number of halogens is 2. The lowest BCUT2D eigenvalue weighted by Gasteiger charge is -2.09. The maximum Gasteiger partial charge on any atom is 0.190 e. The lowest BCUT2D eigenvalue weighted by Crippen LogP contribution is -2.23. The normalized spacial score (nSPS) is 11.6. The zero-order chi connectivity index (χ0) is 19.2. The number of nitrogens with zero attached hydrogens (tertiary/aromatic N) is 3. The molecule has 5 nitrogen and oxygen atoms in total. The third-order valence-corrected chi connectivity index (χ3v) is 4.69. The summed E-state index contributed by atoms with van der Waals surface area (Å²) in [5, 5.41) is 1.97. The first kappa shape index (κ1) is 18.8. The molecule has 0 fully saturated rings. The summed E-state index contributed by atoms with van der Waals surface area (Å²) in [4.78, 5) is 9.37. The highest BCUT2D eigenvalue weighted by atomic mass is 32.1. The van der Waals surface area contributed by atoms with E-state index in [-0.39, 0.29) is 17.6 Å². The Hall–Kier alpha value is -3.00. The van der Waals surface area contributed by atoms with Crippen molar-refractivity contribution in [2.24, 2.45) is 21.5 Å². The Bertz CT molecular complexity index is 984. The molecule has 0 saturated carbocycles. The van der Waals surface area contributed by atoms with E-state index in [0.717, 1.165) is 16.1 Å². The Kier molecular flexibility index (Phi) is 5.97. The van der Waals surface area contributed by atoms with Crippen LogP contribution in [0.5, 0.6) is 0 Å². The first-order valence-electron chi connectivity index (χ1n) is 8.33.